The lowest BCUT2D eigenvalue weighted by Crippen LogP contribution is -1.98. The first-order valence-corrected chi connectivity index (χ1v) is 12.7. The largest absolute Gasteiger partial charge is 0.393 e. The van der Waals surface area contributed by atoms with Crippen molar-refractivity contribution >= 4 is 56.2 Å². The highest BCUT2D eigenvalue weighted by Crippen LogP contribution is 2.44. The summed E-state index contributed by atoms with van der Waals surface area (Å²) in [6.45, 7) is 3.69. The number of hydrogen-bond acceptors (Lipinski definition) is 9. The summed E-state index contributed by atoms with van der Waals surface area (Å²) in [5, 5.41) is 26.5. The summed E-state index contributed by atoms with van der Waals surface area (Å²) in [6, 6.07) is 9.03. The van der Waals surface area contributed by atoms with Crippen LogP contribution in [0.25, 0.3) is 22.3 Å². The molecule has 0 fully saturated rings. The second-order valence-corrected chi connectivity index (χ2v) is 11.1. The van der Waals surface area contributed by atoms with Gasteiger partial charge in [-0.25, -0.2) is 4.21 Å². The van der Waals surface area contributed by atoms with Gasteiger partial charge in [-0.3, -0.25) is 20.2 Å². The Kier molecular flexibility index (Phi) is 6.21. The van der Waals surface area contributed by atoms with Crippen molar-refractivity contribution in [3.05, 3.63) is 78.5 Å². The van der Waals surface area contributed by atoms with Gasteiger partial charge in [-0.05, 0) is 59.0 Å². The number of nitrogen functional groups attached to an aromatic ring is 2. The van der Waals surface area contributed by atoms with E-state index in [1.165, 1.54) is 46.9 Å². The van der Waals surface area contributed by atoms with E-state index in [0.717, 1.165) is 11.1 Å². The van der Waals surface area contributed by atoms with Gasteiger partial charge < -0.3 is 11.5 Å². The molecular formula is C22H18N4O5S3. The highest BCUT2D eigenvalue weighted by atomic mass is 32.2. The van der Waals surface area contributed by atoms with E-state index in [1.54, 1.807) is 12.1 Å². The van der Waals surface area contributed by atoms with Crippen LogP contribution in [0, 0.1) is 34.1 Å². The average Bonchev–Trinajstić information content (AvgIpc) is 3.36. The molecule has 0 unspecified atom stereocenters. The predicted octanol–water partition coefficient (Wildman–Crippen LogP) is 5.91. The number of nitro benzene ring substituents is 2. The Morgan fingerprint density at radius 2 is 1.15 bits per heavy atom. The monoisotopic (exact) mass is 514 g/mol. The van der Waals surface area contributed by atoms with Gasteiger partial charge in [-0.2, -0.15) is 0 Å². The number of aryl methyl sites for hydroxylation is 2. The maximum atomic E-state index is 13.8. The van der Waals surface area contributed by atoms with Crippen LogP contribution < -0.4 is 11.5 Å². The normalized spacial score (nSPS) is 11.1. The van der Waals surface area contributed by atoms with Gasteiger partial charge in [0.1, 0.15) is 30.6 Å². The molecule has 0 spiro atoms. The molecule has 0 aliphatic heterocycles. The number of rotatable bonds is 6. The quantitative estimate of drug-likeness (QED) is 0.184. The van der Waals surface area contributed by atoms with Crippen LogP contribution in [0.3, 0.4) is 0 Å². The Hall–Kier alpha value is -3.61. The van der Waals surface area contributed by atoms with E-state index in [9.17, 15) is 24.4 Å². The summed E-state index contributed by atoms with van der Waals surface area (Å²) >= 11 is 2.59. The predicted molar refractivity (Wildman–Crippen MR) is 136 cm³/mol. The summed E-state index contributed by atoms with van der Waals surface area (Å²) in [5.41, 5.74) is 15.2. The molecule has 9 nitrogen and oxygen atoms in total. The Labute approximate surface area is 204 Å². The van der Waals surface area contributed by atoms with E-state index in [0.29, 0.717) is 30.7 Å². The third-order valence-electron chi connectivity index (χ3n) is 5.25. The molecule has 0 atom stereocenters. The summed E-state index contributed by atoms with van der Waals surface area (Å²) in [7, 11) is -1.64. The van der Waals surface area contributed by atoms with Gasteiger partial charge in [0.15, 0.2) is 0 Å². The van der Waals surface area contributed by atoms with Crippen molar-refractivity contribution in [1.82, 2.24) is 0 Å². The minimum Gasteiger partial charge on any atom is -0.393 e. The van der Waals surface area contributed by atoms with Crippen LogP contribution in [-0.4, -0.2) is 14.1 Å². The van der Waals surface area contributed by atoms with Gasteiger partial charge in [-0.15, -0.1) is 22.7 Å². The first-order valence-electron chi connectivity index (χ1n) is 9.76. The van der Waals surface area contributed by atoms with E-state index < -0.39 is 20.6 Å². The molecule has 0 amide bonds. The van der Waals surface area contributed by atoms with Crippen LogP contribution in [0.5, 0.6) is 0 Å². The number of nitrogens with two attached hydrogens (primary N) is 2. The highest BCUT2D eigenvalue weighted by molar-refractivity contribution is 7.89. The van der Waals surface area contributed by atoms with Crippen LogP contribution in [-0.2, 0) is 10.8 Å². The van der Waals surface area contributed by atoms with E-state index in [1.807, 2.05) is 24.6 Å². The van der Waals surface area contributed by atoms with Crippen molar-refractivity contribution < 1.29 is 14.1 Å². The SMILES string of the molecule is Cc1csc(S(=O)c2scc(C)c2-c2ccc(N)c([N+](=O)[O-])c2)c1-c1ccc(N)c([N+](=O)[O-])c1. The zero-order chi connectivity index (χ0) is 24.7. The van der Waals surface area contributed by atoms with Crippen molar-refractivity contribution in [3.63, 3.8) is 0 Å². The van der Waals surface area contributed by atoms with Gasteiger partial charge >= 0.3 is 0 Å². The number of nitrogens with zero attached hydrogens (tertiary/aromatic N) is 2. The van der Waals surface area contributed by atoms with Crippen LogP contribution in [0.15, 0.2) is 55.6 Å². The Morgan fingerprint density at radius 3 is 1.50 bits per heavy atom. The van der Waals surface area contributed by atoms with E-state index >= 15 is 0 Å². The van der Waals surface area contributed by atoms with Crippen molar-refractivity contribution in [3.8, 4) is 22.3 Å². The van der Waals surface area contributed by atoms with Crippen LogP contribution in [0.2, 0.25) is 0 Å². The molecule has 0 saturated carbocycles. The summed E-state index contributed by atoms with van der Waals surface area (Å²) < 4.78 is 14.9. The van der Waals surface area contributed by atoms with Gasteiger partial charge in [0.2, 0.25) is 0 Å². The first-order chi connectivity index (χ1) is 16.1. The second-order valence-electron chi connectivity index (χ2n) is 7.49. The molecule has 2 heterocycles. The van der Waals surface area contributed by atoms with Gasteiger partial charge in [0, 0.05) is 23.3 Å². The maximum absolute atomic E-state index is 13.8. The highest BCUT2D eigenvalue weighted by Gasteiger charge is 2.26. The van der Waals surface area contributed by atoms with Crippen molar-refractivity contribution in [1.29, 1.82) is 0 Å². The fraction of sp³-hybridized carbons (Fsp3) is 0.0909. The smallest absolute Gasteiger partial charge is 0.292 e. The molecule has 12 heteroatoms. The average molecular weight is 515 g/mol. The topological polar surface area (TPSA) is 155 Å². The zero-order valence-electron chi connectivity index (χ0n) is 17.9. The van der Waals surface area contributed by atoms with Crippen LogP contribution in [0.4, 0.5) is 22.7 Å². The minimum absolute atomic E-state index is 0.0467. The number of anilines is 2. The Balaban J connectivity index is 1.85. The molecule has 0 radical (unpaired) electrons. The molecular weight excluding hydrogens is 496 g/mol. The number of nitro groups is 2. The maximum Gasteiger partial charge on any atom is 0.292 e. The molecule has 0 saturated heterocycles. The third-order valence-corrected chi connectivity index (χ3v) is 9.60. The summed E-state index contributed by atoms with van der Waals surface area (Å²) in [5.74, 6) is 0. The number of thiophene rings is 2. The number of benzene rings is 2. The van der Waals surface area contributed by atoms with Crippen molar-refractivity contribution in [2.24, 2.45) is 0 Å². The molecule has 4 rings (SSSR count). The standard InChI is InChI=1S/C22H18N4O5S3/c1-11-9-32-21(19(11)13-3-5-15(23)17(7-13)25(27)28)34(31)22-20(12(2)10-33-22)14-4-6-16(24)18(8-14)26(29)30/h3-10H,23-24H2,1-2H3. The van der Waals surface area contributed by atoms with Gasteiger partial charge in [0.05, 0.1) is 9.85 Å². The summed E-state index contributed by atoms with van der Waals surface area (Å²) in [6.07, 6.45) is 0. The zero-order valence-corrected chi connectivity index (χ0v) is 20.4. The molecule has 34 heavy (non-hydrogen) atoms. The molecule has 4 N–H and O–H groups in total. The Morgan fingerprint density at radius 1 is 0.765 bits per heavy atom. The van der Waals surface area contributed by atoms with Crippen molar-refractivity contribution in [2.45, 2.75) is 22.3 Å². The van der Waals surface area contributed by atoms with Crippen LogP contribution >= 0.6 is 22.7 Å². The third kappa shape index (κ3) is 4.06. The molecule has 0 bridgehead atoms. The van der Waals surface area contributed by atoms with Gasteiger partial charge in [0.25, 0.3) is 11.4 Å². The number of hydrogen-bond donors (Lipinski definition) is 2. The first kappa shape index (κ1) is 23.5. The van der Waals surface area contributed by atoms with Gasteiger partial charge in [-0.1, -0.05) is 12.1 Å². The molecule has 174 valence electrons. The fourth-order valence-electron chi connectivity index (χ4n) is 3.60. The molecule has 0 aliphatic carbocycles. The lowest BCUT2D eigenvalue weighted by molar-refractivity contribution is -0.384. The minimum atomic E-state index is -1.64. The second kappa shape index (κ2) is 8.97. The van der Waals surface area contributed by atoms with Crippen molar-refractivity contribution in [2.75, 3.05) is 11.5 Å². The molecule has 2 aromatic heterocycles. The van der Waals surface area contributed by atoms with E-state index in [2.05, 4.69) is 0 Å². The lowest BCUT2D eigenvalue weighted by Gasteiger charge is -2.09. The lowest BCUT2D eigenvalue weighted by atomic mass is 10.0. The summed E-state index contributed by atoms with van der Waals surface area (Å²) in [4.78, 5) is 21.7. The van der Waals surface area contributed by atoms with E-state index in [-0.39, 0.29) is 22.7 Å². The molecule has 4 aromatic rings. The Bertz CT molecular complexity index is 1380. The molecule has 2 aromatic carbocycles. The fourth-order valence-corrected chi connectivity index (χ4v) is 7.94. The van der Waals surface area contributed by atoms with Crippen LogP contribution in [0.1, 0.15) is 11.1 Å². The van der Waals surface area contributed by atoms with E-state index in [4.69, 9.17) is 11.5 Å². The molecule has 0 aliphatic rings.